The zero-order valence-corrected chi connectivity index (χ0v) is 10.9. The van der Waals surface area contributed by atoms with Crippen molar-refractivity contribution in [3.8, 4) is 0 Å². The number of rotatable bonds is 5. The number of nitrogens with one attached hydrogen (secondary N) is 1. The van der Waals surface area contributed by atoms with E-state index in [1.165, 1.54) is 0 Å². The monoisotopic (exact) mass is 234 g/mol. The van der Waals surface area contributed by atoms with E-state index in [0.29, 0.717) is 6.54 Å². The van der Waals surface area contributed by atoms with Gasteiger partial charge in [0.05, 0.1) is 0 Å². The number of carbonyl (C=O) groups excluding carboxylic acids is 1. The molecule has 0 saturated heterocycles. The molecule has 3 heteroatoms. The van der Waals surface area contributed by atoms with Crippen LogP contribution in [0.3, 0.4) is 0 Å². The van der Waals surface area contributed by atoms with E-state index in [-0.39, 0.29) is 11.9 Å². The van der Waals surface area contributed by atoms with Crippen molar-refractivity contribution >= 4 is 5.91 Å². The molecule has 0 spiro atoms. The lowest BCUT2D eigenvalue weighted by Crippen LogP contribution is -2.30. The van der Waals surface area contributed by atoms with Gasteiger partial charge >= 0.3 is 0 Å². The van der Waals surface area contributed by atoms with Gasteiger partial charge in [-0.15, -0.1) is 0 Å². The lowest BCUT2D eigenvalue weighted by atomic mass is 10.1. The van der Waals surface area contributed by atoms with Crippen LogP contribution < -0.4 is 11.1 Å². The fourth-order valence-corrected chi connectivity index (χ4v) is 1.78. The molecule has 3 N–H and O–H groups in total. The fraction of sp³-hybridized carbons (Fsp3) is 0.500. The largest absolute Gasteiger partial charge is 0.352 e. The van der Waals surface area contributed by atoms with E-state index in [9.17, 15) is 4.79 Å². The van der Waals surface area contributed by atoms with Gasteiger partial charge in [-0.05, 0) is 38.8 Å². The number of amides is 1. The average molecular weight is 234 g/mol. The molecule has 0 aliphatic rings. The zero-order chi connectivity index (χ0) is 12.8. The van der Waals surface area contributed by atoms with E-state index in [4.69, 9.17) is 5.73 Å². The van der Waals surface area contributed by atoms with Gasteiger partial charge in [0.25, 0.3) is 5.91 Å². The maximum atomic E-state index is 11.9. The van der Waals surface area contributed by atoms with Gasteiger partial charge in [0.15, 0.2) is 0 Å². The van der Waals surface area contributed by atoms with Gasteiger partial charge in [0.2, 0.25) is 0 Å². The van der Waals surface area contributed by atoms with E-state index >= 15 is 0 Å². The van der Waals surface area contributed by atoms with Crippen LogP contribution in [0.2, 0.25) is 0 Å². The van der Waals surface area contributed by atoms with Crippen molar-refractivity contribution in [1.29, 1.82) is 0 Å². The summed E-state index contributed by atoms with van der Waals surface area (Å²) in [4.78, 5) is 11.9. The molecule has 1 aromatic carbocycles. The Morgan fingerprint density at radius 1 is 1.29 bits per heavy atom. The second-order valence-electron chi connectivity index (χ2n) is 4.59. The van der Waals surface area contributed by atoms with Gasteiger partial charge in [-0.1, -0.05) is 24.1 Å². The minimum atomic E-state index is -0.0138. The van der Waals surface area contributed by atoms with Crippen molar-refractivity contribution in [2.24, 2.45) is 5.73 Å². The molecule has 1 unspecified atom stereocenters. The van der Waals surface area contributed by atoms with Crippen molar-refractivity contribution in [2.45, 2.75) is 39.7 Å². The van der Waals surface area contributed by atoms with Crippen LogP contribution in [-0.2, 0) is 0 Å². The van der Waals surface area contributed by atoms with Gasteiger partial charge < -0.3 is 11.1 Å². The van der Waals surface area contributed by atoms with E-state index in [2.05, 4.69) is 18.3 Å². The summed E-state index contributed by atoms with van der Waals surface area (Å²) in [6.07, 6.45) is 1.77. The molecule has 1 amide bonds. The molecule has 94 valence electrons. The molecule has 0 saturated carbocycles. The van der Waals surface area contributed by atoms with Crippen LogP contribution in [0.25, 0.3) is 0 Å². The Morgan fingerprint density at radius 2 is 1.88 bits per heavy atom. The van der Waals surface area contributed by atoms with Crippen molar-refractivity contribution in [3.63, 3.8) is 0 Å². The zero-order valence-electron chi connectivity index (χ0n) is 10.9. The number of benzene rings is 1. The quantitative estimate of drug-likeness (QED) is 0.820. The van der Waals surface area contributed by atoms with E-state index in [1.807, 2.05) is 26.0 Å². The van der Waals surface area contributed by atoms with Crippen molar-refractivity contribution in [2.75, 3.05) is 6.54 Å². The Kier molecular flexibility index (Phi) is 5.16. The first-order chi connectivity index (χ1) is 8.02. The smallest absolute Gasteiger partial charge is 0.251 e. The van der Waals surface area contributed by atoms with Crippen LogP contribution in [0.15, 0.2) is 18.2 Å². The first kappa shape index (κ1) is 13.7. The number of carbonyl (C=O) groups is 1. The highest BCUT2D eigenvalue weighted by Crippen LogP contribution is 2.08. The minimum Gasteiger partial charge on any atom is -0.352 e. The highest BCUT2D eigenvalue weighted by Gasteiger charge is 2.06. The van der Waals surface area contributed by atoms with Crippen LogP contribution in [-0.4, -0.2) is 18.5 Å². The maximum absolute atomic E-state index is 11.9. The molecule has 0 heterocycles. The summed E-state index contributed by atoms with van der Waals surface area (Å²) in [5.74, 6) is -0.0138. The second-order valence-corrected chi connectivity index (χ2v) is 4.59. The van der Waals surface area contributed by atoms with E-state index < -0.39 is 0 Å². The standard InChI is InChI=1S/C14H22N2O/c1-4-13(15)5-6-16-14(17)12-8-10(2)7-11(3)9-12/h7-9,13H,4-6,15H2,1-3H3,(H,16,17). The molecular weight excluding hydrogens is 212 g/mol. The molecule has 3 nitrogen and oxygen atoms in total. The number of hydrogen-bond donors (Lipinski definition) is 2. The summed E-state index contributed by atoms with van der Waals surface area (Å²) in [5.41, 5.74) is 8.75. The van der Waals surface area contributed by atoms with E-state index in [1.54, 1.807) is 0 Å². The normalized spacial score (nSPS) is 12.2. The summed E-state index contributed by atoms with van der Waals surface area (Å²) in [5, 5.41) is 2.90. The summed E-state index contributed by atoms with van der Waals surface area (Å²) >= 11 is 0. The van der Waals surface area contributed by atoms with Crippen LogP contribution in [0.4, 0.5) is 0 Å². The second kappa shape index (κ2) is 6.40. The SMILES string of the molecule is CCC(N)CCNC(=O)c1cc(C)cc(C)c1. The van der Waals surface area contributed by atoms with Crippen LogP contribution in [0.5, 0.6) is 0 Å². The van der Waals surface area contributed by atoms with Crippen molar-refractivity contribution in [3.05, 3.63) is 34.9 Å². The highest BCUT2D eigenvalue weighted by molar-refractivity contribution is 5.94. The Bertz CT molecular complexity index is 368. The number of hydrogen-bond acceptors (Lipinski definition) is 2. The van der Waals surface area contributed by atoms with Crippen LogP contribution >= 0.6 is 0 Å². The number of aryl methyl sites for hydroxylation is 2. The summed E-state index contributed by atoms with van der Waals surface area (Å²) < 4.78 is 0. The lowest BCUT2D eigenvalue weighted by Gasteiger charge is -2.10. The topological polar surface area (TPSA) is 55.1 Å². The molecule has 0 aliphatic heterocycles. The van der Waals surface area contributed by atoms with Crippen molar-refractivity contribution in [1.82, 2.24) is 5.32 Å². The van der Waals surface area contributed by atoms with Gasteiger partial charge in [-0.25, -0.2) is 0 Å². The molecule has 0 bridgehead atoms. The molecule has 0 aromatic heterocycles. The van der Waals surface area contributed by atoms with Gasteiger partial charge in [0.1, 0.15) is 0 Å². The first-order valence-electron chi connectivity index (χ1n) is 6.15. The highest BCUT2D eigenvalue weighted by atomic mass is 16.1. The van der Waals surface area contributed by atoms with Crippen LogP contribution in [0, 0.1) is 13.8 Å². The average Bonchev–Trinajstić information content (AvgIpc) is 2.27. The number of nitrogens with two attached hydrogens (primary N) is 1. The molecular formula is C14H22N2O. The fourth-order valence-electron chi connectivity index (χ4n) is 1.78. The molecule has 1 rings (SSSR count). The third-order valence-corrected chi connectivity index (χ3v) is 2.81. The summed E-state index contributed by atoms with van der Waals surface area (Å²) in [6, 6.07) is 6.04. The maximum Gasteiger partial charge on any atom is 0.251 e. The third-order valence-electron chi connectivity index (χ3n) is 2.81. The van der Waals surface area contributed by atoms with Crippen LogP contribution in [0.1, 0.15) is 41.3 Å². The first-order valence-corrected chi connectivity index (χ1v) is 6.15. The Balaban J connectivity index is 2.52. The predicted octanol–water partition coefficient (Wildman–Crippen LogP) is 2.16. The van der Waals surface area contributed by atoms with Gasteiger partial charge in [0, 0.05) is 18.2 Å². The molecule has 0 fully saturated rings. The lowest BCUT2D eigenvalue weighted by molar-refractivity contribution is 0.0952. The minimum absolute atomic E-state index is 0.0138. The predicted molar refractivity (Wildman–Crippen MR) is 71.1 cm³/mol. The Labute approximate surface area is 103 Å². The molecule has 0 aliphatic carbocycles. The van der Waals surface area contributed by atoms with Crippen molar-refractivity contribution < 1.29 is 4.79 Å². The van der Waals surface area contributed by atoms with Gasteiger partial charge in [-0.2, -0.15) is 0 Å². The van der Waals surface area contributed by atoms with E-state index in [0.717, 1.165) is 29.5 Å². The van der Waals surface area contributed by atoms with Gasteiger partial charge in [-0.3, -0.25) is 4.79 Å². The molecule has 17 heavy (non-hydrogen) atoms. The summed E-state index contributed by atoms with van der Waals surface area (Å²) in [7, 11) is 0. The Morgan fingerprint density at radius 3 is 2.41 bits per heavy atom. The molecule has 1 aromatic rings. The molecule has 1 atom stereocenters. The molecule has 0 radical (unpaired) electrons. The Hall–Kier alpha value is -1.35. The summed E-state index contributed by atoms with van der Waals surface area (Å²) in [6.45, 7) is 6.69. The third kappa shape index (κ3) is 4.57.